The Morgan fingerprint density at radius 2 is 1.04 bits per heavy atom. The van der Waals surface area contributed by atoms with E-state index >= 15 is 0 Å². The van der Waals surface area contributed by atoms with Crippen LogP contribution in [0.2, 0.25) is 0 Å². The topological polar surface area (TPSA) is 29.5 Å². The molecule has 0 radical (unpaired) electrons. The first kappa shape index (κ1) is 32.6. The fraction of sp³-hybridized carbons (Fsp3) is 0.294. The molecule has 0 aliphatic heterocycles. The molecule has 1 unspecified atom stereocenters. The number of halogens is 9. The maximum absolute atomic E-state index is 14.0. The summed E-state index contributed by atoms with van der Waals surface area (Å²) >= 11 is 0. The highest BCUT2D eigenvalue weighted by Gasteiger charge is 2.51. The highest BCUT2D eigenvalue weighted by atomic mass is 19.4. The zero-order valence-corrected chi connectivity index (χ0v) is 23.6. The number of ether oxygens (including phenoxy) is 1. The van der Waals surface area contributed by atoms with Gasteiger partial charge in [0.1, 0.15) is 23.1 Å². The highest BCUT2D eigenvalue weighted by molar-refractivity contribution is 5.41. The van der Waals surface area contributed by atoms with Crippen molar-refractivity contribution < 1.29 is 49.4 Å². The van der Waals surface area contributed by atoms with E-state index in [1.807, 2.05) is 0 Å². The minimum atomic E-state index is -5.05. The van der Waals surface area contributed by atoms with Gasteiger partial charge in [0.2, 0.25) is 0 Å². The molecule has 0 aromatic heterocycles. The lowest BCUT2D eigenvalue weighted by Crippen LogP contribution is -2.39. The second-order valence-corrected chi connectivity index (χ2v) is 11.2. The van der Waals surface area contributed by atoms with Crippen molar-refractivity contribution in [2.75, 3.05) is 0 Å². The molecule has 2 nitrogen and oxygen atoms in total. The Kier molecular flexibility index (Phi) is 8.80. The molecule has 1 aliphatic carbocycles. The Labute approximate surface area is 253 Å². The average Bonchev–Trinajstić information content (AvgIpc) is 3.40. The molecule has 1 fully saturated rings. The zero-order valence-electron chi connectivity index (χ0n) is 23.6. The molecule has 5 rings (SSSR count). The van der Waals surface area contributed by atoms with E-state index in [9.17, 15) is 44.6 Å². The summed E-state index contributed by atoms with van der Waals surface area (Å²) in [6, 6.07) is 16.6. The van der Waals surface area contributed by atoms with Crippen LogP contribution in [-0.2, 0) is 22.7 Å². The van der Waals surface area contributed by atoms with Crippen LogP contribution in [0.4, 0.5) is 39.5 Å². The molecule has 0 spiro atoms. The van der Waals surface area contributed by atoms with Crippen molar-refractivity contribution in [1.82, 2.24) is 0 Å². The lowest BCUT2D eigenvalue weighted by atomic mass is 9.69. The van der Waals surface area contributed by atoms with Crippen LogP contribution in [0.15, 0.2) is 91.0 Å². The largest absolute Gasteiger partial charge is 0.416 e. The number of hydrogen-bond donors (Lipinski definition) is 1. The van der Waals surface area contributed by atoms with Gasteiger partial charge in [-0.15, -0.1) is 0 Å². The van der Waals surface area contributed by atoms with Gasteiger partial charge < -0.3 is 9.84 Å². The molecule has 45 heavy (non-hydrogen) atoms. The van der Waals surface area contributed by atoms with E-state index in [1.165, 1.54) is 55.5 Å². The predicted molar refractivity (Wildman–Crippen MR) is 147 cm³/mol. The molecule has 0 heterocycles. The zero-order chi connectivity index (χ0) is 32.7. The molecule has 238 valence electrons. The Balaban J connectivity index is 1.59. The van der Waals surface area contributed by atoms with Crippen molar-refractivity contribution in [1.29, 1.82) is 0 Å². The fourth-order valence-electron chi connectivity index (χ4n) is 6.27. The van der Waals surface area contributed by atoms with E-state index in [-0.39, 0.29) is 35.6 Å². The molecule has 4 aromatic rings. The van der Waals surface area contributed by atoms with Crippen molar-refractivity contribution >= 4 is 0 Å². The molecule has 1 saturated carbocycles. The number of alkyl halides is 6. The second kappa shape index (κ2) is 12.2. The predicted octanol–water partition coefficient (Wildman–Crippen LogP) is 9.72. The van der Waals surface area contributed by atoms with Gasteiger partial charge in [0.05, 0.1) is 23.3 Å². The summed E-state index contributed by atoms with van der Waals surface area (Å²) in [6.45, 7) is 1.33. The Bertz CT molecular complexity index is 1530. The molecule has 11 heteroatoms. The Hall–Kier alpha value is -3.83. The van der Waals surface area contributed by atoms with Crippen LogP contribution in [0, 0.1) is 23.4 Å². The molecular formula is C34H27F9O2. The van der Waals surface area contributed by atoms with Crippen molar-refractivity contribution in [2.45, 2.75) is 55.8 Å². The van der Waals surface area contributed by atoms with E-state index in [0.29, 0.717) is 17.7 Å². The van der Waals surface area contributed by atoms with E-state index in [2.05, 4.69) is 0 Å². The summed E-state index contributed by atoms with van der Waals surface area (Å²) in [4.78, 5) is 0. The lowest BCUT2D eigenvalue weighted by molar-refractivity contribution is -0.143. The van der Waals surface area contributed by atoms with Crippen molar-refractivity contribution in [3.8, 4) is 0 Å². The van der Waals surface area contributed by atoms with E-state index in [4.69, 9.17) is 4.74 Å². The monoisotopic (exact) mass is 638 g/mol. The Morgan fingerprint density at radius 1 is 0.622 bits per heavy atom. The summed E-state index contributed by atoms with van der Waals surface area (Å²) in [5.41, 5.74) is -4.21. The summed E-state index contributed by atoms with van der Waals surface area (Å²) in [5, 5.41) is 12.5. The maximum Gasteiger partial charge on any atom is 0.416 e. The first-order valence-corrected chi connectivity index (χ1v) is 14.0. The summed E-state index contributed by atoms with van der Waals surface area (Å²) in [6.07, 6.45) is -11.8. The van der Waals surface area contributed by atoms with E-state index in [1.54, 1.807) is 0 Å². The van der Waals surface area contributed by atoms with Crippen LogP contribution in [0.1, 0.15) is 65.2 Å². The minimum Gasteiger partial charge on any atom is -0.380 e. The van der Waals surface area contributed by atoms with Gasteiger partial charge in [0.25, 0.3) is 0 Å². The molecule has 4 aromatic carbocycles. The van der Waals surface area contributed by atoms with Crippen LogP contribution in [-0.4, -0.2) is 11.2 Å². The number of rotatable bonds is 7. The smallest absolute Gasteiger partial charge is 0.380 e. The molecular weight excluding hydrogens is 611 g/mol. The van der Waals surface area contributed by atoms with E-state index < -0.39 is 70.6 Å². The van der Waals surface area contributed by atoms with Crippen molar-refractivity contribution in [2.24, 2.45) is 5.92 Å². The second-order valence-electron chi connectivity index (χ2n) is 11.2. The molecule has 0 amide bonds. The molecule has 1 aliphatic rings. The first-order valence-electron chi connectivity index (χ1n) is 14.0. The third kappa shape index (κ3) is 6.74. The van der Waals surface area contributed by atoms with Gasteiger partial charge in [-0.2, -0.15) is 26.3 Å². The quantitative estimate of drug-likeness (QED) is 0.204. The summed E-state index contributed by atoms with van der Waals surface area (Å²) < 4.78 is 129. The average molecular weight is 639 g/mol. The summed E-state index contributed by atoms with van der Waals surface area (Å²) in [5.74, 6) is -3.27. The van der Waals surface area contributed by atoms with Gasteiger partial charge in [-0.05, 0) is 96.6 Å². The van der Waals surface area contributed by atoms with Gasteiger partial charge in [-0.1, -0.05) is 36.4 Å². The van der Waals surface area contributed by atoms with Gasteiger partial charge >= 0.3 is 12.4 Å². The van der Waals surface area contributed by atoms with E-state index in [0.717, 1.165) is 24.3 Å². The normalized spacial score (nSPS) is 19.9. The van der Waals surface area contributed by atoms with Crippen molar-refractivity contribution in [3.63, 3.8) is 0 Å². The number of hydrogen-bond acceptors (Lipinski definition) is 2. The molecule has 0 saturated heterocycles. The van der Waals surface area contributed by atoms with Crippen molar-refractivity contribution in [3.05, 3.63) is 142 Å². The SMILES string of the molecule is C[C@@H](O[C@H]1CCC(C(O)(c2ccc(F)cc2)c2ccc(F)cc2)[C@@H]1c1ccc(F)cc1)c1cc(C(F)(F)F)cc(C(F)(F)F)c1. The lowest BCUT2D eigenvalue weighted by Gasteiger charge is -2.40. The van der Waals surface area contributed by atoms with Gasteiger partial charge in [0.15, 0.2) is 0 Å². The minimum absolute atomic E-state index is 0.0364. The molecule has 4 atom stereocenters. The van der Waals surface area contributed by atoms with Crippen LogP contribution < -0.4 is 0 Å². The highest BCUT2D eigenvalue weighted by Crippen LogP contribution is 2.54. The van der Waals surface area contributed by atoms with Gasteiger partial charge in [0, 0.05) is 11.8 Å². The molecule has 1 N–H and O–H groups in total. The van der Waals surface area contributed by atoms with Gasteiger partial charge in [-0.25, -0.2) is 13.2 Å². The van der Waals surface area contributed by atoms with Crippen LogP contribution in [0.25, 0.3) is 0 Å². The summed E-state index contributed by atoms with van der Waals surface area (Å²) in [7, 11) is 0. The van der Waals surface area contributed by atoms with Crippen LogP contribution >= 0.6 is 0 Å². The molecule has 0 bridgehead atoms. The number of aliphatic hydroxyl groups is 1. The van der Waals surface area contributed by atoms with Crippen LogP contribution in [0.3, 0.4) is 0 Å². The number of benzene rings is 4. The standard InChI is InChI=1S/C34H27F9O2/c1-19(21-16-24(33(38,39)40)18-25(17-21)34(41,42)43)45-30-15-14-29(31(30)20-2-8-26(35)9-3-20)32(44,22-4-10-27(36)11-5-22)23-6-12-28(37)13-7-23/h2-13,16-19,29-31,44H,14-15H2,1H3/t19-,29?,30+,31+/m1/s1. The third-order valence-electron chi connectivity index (χ3n) is 8.41. The Morgan fingerprint density at radius 3 is 1.47 bits per heavy atom. The van der Waals surface area contributed by atoms with Crippen LogP contribution in [0.5, 0.6) is 0 Å². The fourth-order valence-corrected chi connectivity index (χ4v) is 6.27. The first-order chi connectivity index (χ1) is 21.1. The van der Waals surface area contributed by atoms with Gasteiger partial charge in [-0.3, -0.25) is 0 Å². The third-order valence-corrected chi connectivity index (χ3v) is 8.41. The maximum atomic E-state index is 14.0.